The third-order valence-corrected chi connectivity index (χ3v) is 4.22. The summed E-state index contributed by atoms with van der Waals surface area (Å²) in [5.41, 5.74) is 0.940. The van der Waals surface area contributed by atoms with Gasteiger partial charge in [-0.25, -0.2) is 0 Å². The summed E-state index contributed by atoms with van der Waals surface area (Å²) in [4.78, 5) is 15.6. The number of carbonyl (C=O) groups excluding carboxylic acids is 1. The van der Waals surface area contributed by atoms with E-state index in [0.29, 0.717) is 0 Å². The molecule has 0 fully saturated rings. The molecule has 0 aliphatic heterocycles. The summed E-state index contributed by atoms with van der Waals surface area (Å²) in [6.07, 6.45) is 0. The Bertz CT molecular complexity index is 385. The highest BCUT2D eigenvalue weighted by atomic mass is 28.3. The van der Waals surface area contributed by atoms with Crippen molar-refractivity contribution in [3.05, 3.63) is 23.9 Å². The van der Waals surface area contributed by atoms with Crippen LogP contribution in [0.5, 0.6) is 0 Å². The number of amides is 1. The molecule has 1 rings (SSSR count). The van der Waals surface area contributed by atoms with Crippen molar-refractivity contribution in [2.75, 3.05) is 0 Å². The zero-order valence-electron chi connectivity index (χ0n) is 10.7. The summed E-state index contributed by atoms with van der Waals surface area (Å²) in [5, 5.41) is 4.03. The SMILES string of the molecule is CC(=O)NC(C)c1cccc([Si](C)(C)C)n1. The molecule has 1 atom stereocenters. The lowest BCUT2D eigenvalue weighted by atomic mass is 10.2. The van der Waals surface area contributed by atoms with E-state index in [2.05, 4.69) is 36.0 Å². The van der Waals surface area contributed by atoms with Crippen molar-refractivity contribution in [1.29, 1.82) is 0 Å². The van der Waals surface area contributed by atoms with Gasteiger partial charge in [0.15, 0.2) is 0 Å². The number of aromatic nitrogens is 1. The summed E-state index contributed by atoms with van der Waals surface area (Å²) < 4.78 is 0. The molecule has 0 aliphatic rings. The predicted molar refractivity (Wildman–Crippen MR) is 69.4 cm³/mol. The predicted octanol–water partition coefficient (Wildman–Crippen LogP) is 1.82. The molecule has 1 heterocycles. The van der Waals surface area contributed by atoms with Crippen molar-refractivity contribution >= 4 is 19.3 Å². The molecule has 0 saturated carbocycles. The number of rotatable bonds is 3. The molecular formula is C12H20N2OSi. The van der Waals surface area contributed by atoms with Crippen LogP contribution in [0.3, 0.4) is 0 Å². The summed E-state index contributed by atoms with van der Waals surface area (Å²) in [7, 11) is -1.37. The topological polar surface area (TPSA) is 42.0 Å². The summed E-state index contributed by atoms with van der Waals surface area (Å²) in [5.74, 6) is -0.0206. The zero-order chi connectivity index (χ0) is 12.3. The highest BCUT2D eigenvalue weighted by Crippen LogP contribution is 2.09. The molecule has 4 heteroatoms. The normalized spacial score (nSPS) is 13.3. The summed E-state index contributed by atoms with van der Waals surface area (Å²) in [6, 6.07) is 6.04. The fourth-order valence-electron chi connectivity index (χ4n) is 1.49. The second-order valence-electron chi connectivity index (χ2n) is 5.12. The Balaban J connectivity index is 2.94. The minimum Gasteiger partial charge on any atom is -0.348 e. The lowest BCUT2D eigenvalue weighted by Crippen LogP contribution is -2.41. The van der Waals surface area contributed by atoms with Gasteiger partial charge in [0.25, 0.3) is 0 Å². The highest BCUT2D eigenvalue weighted by molar-refractivity contribution is 6.88. The molecule has 0 saturated heterocycles. The Morgan fingerprint density at radius 2 is 2.00 bits per heavy atom. The summed E-state index contributed by atoms with van der Waals surface area (Å²) in [6.45, 7) is 10.3. The molecular weight excluding hydrogens is 216 g/mol. The second-order valence-corrected chi connectivity index (χ2v) is 10.1. The van der Waals surface area contributed by atoms with Crippen LogP contribution in [0.4, 0.5) is 0 Å². The number of hydrogen-bond donors (Lipinski definition) is 1. The van der Waals surface area contributed by atoms with E-state index in [-0.39, 0.29) is 11.9 Å². The molecule has 1 aromatic heterocycles. The van der Waals surface area contributed by atoms with Crippen LogP contribution >= 0.6 is 0 Å². The molecule has 1 amide bonds. The average Bonchev–Trinajstić information content (AvgIpc) is 2.15. The van der Waals surface area contributed by atoms with E-state index in [9.17, 15) is 4.79 Å². The molecule has 0 aliphatic carbocycles. The zero-order valence-corrected chi connectivity index (χ0v) is 11.7. The van der Waals surface area contributed by atoms with Crippen LogP contribution in [0.2, 0.25) is 19.6 Å². The lowest BCUT2D eigenvalue weighted by Gasteiger charge is -2.18. The minimum atomic E-state index is -1.37. The molecule has 1 aromatic rings. The standard InChI is InChI=1S/C12H20N2OSi/c1-9(13-10(2)15)11-7-6-8-12(14-11)16(3,4)5/h6-9H,1-5H3,(H,13,15). The van der Waals surface area contributed by atoms with Gasteiger partial charge in [-0.2, -0.15) is 0 Å². The molecule has 0 radical (unpaired) electrons. The molecule has 0 spiro atoms. The maximum Gasteiger partial charge on any atom is 0.217 e. The van der Waals surface area contributed by atoms with Gasteiger partial charge in [0, 0.05) is 12.2 Å². The van der Waals surface area contributed by atoms with Gasteiger partial charge in [-0.05, 0) is 19.1 Å². The van der Waals surface area contributed by atoms with Crippen LogP contribution in [0, 0.1) is 0 Å². The van der Waals surface area contributed by atoms with Gasteiger partial charge in [-0.1, -0.05) is 25.7 Å². The van der Waals surface area contributed by atoms with E-state index < -0.39 is 8.07 Å². The fraction of sp³-hybridized carbons (Fsp3) is 0.500. The smallest absolute Gasteiger partial charge is 0.217 e. The highest BCUT2D eigenvalue weighted by Gasteiger charge is 2.19. The maximum atomic E-state index is 11.0. The van der Waals surface area contributed by atoms with Crippen LogP contribution in [-0.2, 0) is 4.79 Å². The first-order valence-electron chi connectivity index (χ1n) is 5.55. The van der Waals surface area contributed by atoms with Crippen LogP contribution in [0.1, 0.15) is 25.6 Å². The average molecular weight is 236 g/mol. The summed E-state index contributed by atoms with van der Waals surface area (Å²) >= 11 is 0. The van der Waals surface area contributed by atoms with Gasteiger partial charge in [0.1, 0.15) is 8.07 Å². The van der Waals surface area contributed by atoms with E-state index >= 15 is 0 Å². The van der Waals surface area contributed by atoms with Crippen molar-refractivity contribution in [3.8, 4) is 0 Å². The van der Waals surface area contributed by atoms with Gasteiger partial charge in [0.2, 0.25) is 5.91 Å². The van der Waals surface area contributed by atoms with Crippen molar-refractivity contribution in [2.24, 2.45) is 0 Å². The van der Waals surface area contributed by atoms with Gasteiger partial charge >= 0.3 is 0 Å². The van der Waals surface area contributed by atoms with Gasteiger partial charge < -0.3 is 5.32 Å². The Morgan fingerprint density at radius 3 is 2.50 bits per heavy atom. The number of nitrogens with one attached hydrogen (secondary N) is 1. The molecule has 0 bridgehead atoms. The number of carbonyl (C=O) groups is 1. The minimum absolute atomic E-state index is 0.0196. The fourth-order valence-corrected chi connectivity index (χ4v) is 2.55. The number of nitrogens with zero attached hydrogens (tertiary/aromatic N) is 1. The Labute approximate surface area is 98.3 Å². The molecule has 0 aromatic carbocycles. The first-order valence-corrected chi connectivity index (χ1v) is 9.05. The monoisotopic (exact) mass is 236 g/mol. The maximum absolute atomic E-state index is 11.0. The largest absolute Gasteiger partial charge is 0.348 e. The van der Waals surface area contributed by atoms with Crippen LogP contribution < -0.4 is 10.6 Å². The van der Waals surface area contributed by atoms with E-state index in [1.165, 1.54) is 12.2 Å². The third-order valence-electron chi connectivity index (χ3n) is 2.40. The first kappa shape index (κ1) is 12.9. The van der Waals surface area contributed by atoms with Crippen molar-refractivity contribution in [3.63, 3.8) is 0 Å². The molecule has 1 unspecified atom stereocenters. The Morgan fingerprint density at radius 1 is 1.38 bits per heavy atom. The van der Waals surface area contributed by atoms with E-state index in [1.807, 2.05) is 19.1 Å². The molecule has 88 valence electrons. The molecule has 16 heavy (non-hydrogen) atoms. The quantitative estimate of drug-likeness (QED) is 0.814. The second kappa shape index (κ2) is 4.78. The Kier molecular flexibility index (Phi) is 3.86. The first-order chi connectivity index (χ1) is 7.30. The Hall–Kier alpha value is -1.16. The van der Waals surface area contributed by atoms with Crippen LogP contribution in [0.25, 0.3) is 0 Å². The van der Waals surface area contributed by atoms with Crippen molar-refractivity contribution in [1.82, 2.24) is 10.3 Å². The molecule has 3 nitrogen and oxygen atoms in total. The van der Waals surface area contributed by atoms with E-state index in [1.54, 1.807) is 0 Å². The lowest BCUT2D eigenvalue weighted by molar-refractivity contribution is -0.119. The van der Waals surface area contributed by atoms with Crippen molar-refractivity contribution in [2.45, 2.75) is 39.5 Å². The van der Waals surface area contributed by atoms with Crippen LogP contribution in [0.15, 0.2) is 18.2 Å². The van der Waals surface area contributed by atoms with Gasteiger partial charge in [0.05, 0.1) is 11.7 Å². The molecule has 1 N–H and O–H groups in total. The number of hydrogen-bond acceptors (Lipinski definition) is 2. The van der Waals surface area contributed by atoms with Gasteiger partial charge in [-0.15, -0.1) is 0 Å². The van der Waals surface area contributed by atoms with E-state index in [4.69, 9.17) is 0 Å². The van der Waals surface area contributed by atoms with Crippen molar-refractivity contribution < 1.29 is 4.79 Å². The third kappa shape index (κ3) is 3.45. The number of pyridine rings is 1. The van der Waals surface area contributed by atoms with E-state index in [0.717, 1.165) is 5.69 Å². The van der Waals surface area contributed by atoms with Gasteiger partial charge in [-0.3, -0.25) is 9.78 Å². The van der Waals surface area contributed by atoms with Crippen LogP contribution in [-0.4, -0.2) is 19.0 Å².